The minimum absolute atomic E-state index is 0.0544. The summed E-state index contributed by atoms with van der Waals surface area (Å²) in [6.45, 7) is 5.79. The number of carbonyl (C=O) groups is 2. The highest BCUT2D eigenvalue weighted by atomic mass is 32.2. The molecule has 4 aromatic rings. The van der Waals surface area contributed by atoms with Crippen molar-refractivity contribution in [2.24, 2.45) is 0 Å². The molecular weight excluding hydrogens is 639 g/mol. The van der Waals surface area contributed by atoms with Crippen molar-refractivity contribution in [1.29, 1.82) is 0 Å². The van der Waals surface area contributed by atoms with Gasteiger partial charge in [-0.1, -0.05) is 42.5 Å². The Morgan fingerprint density at radius 1 is 0.957 bits per heavy atom. The second-order valence-electron chi connectivity index (χ2n) is 11.1. The number of hydrogen-bond acceptors (Lipinski definition) is 9. The summed E-state index contributed by atoms with van der Waals surface area (Å²) in [5, 5.41) is 22.9. The van der Waals surface area contributed by atoms with Crippen LogP contribution in [0.5, 0.6) is 5.75 Å². The second-order valence-corrected chi connectivity index (χ2v) is 14.0. The lowest BCUT2D eigenvalue weighted by atomic mass is 10.00. The van der Waals surface area contributed by atoms with E-state index >= 15 is 0 Å². The average Bonchev–Trinajstić information content (AvgIpc) is 3.51. The summed E-state index contributed by atoms with van der Waals surface area (Å²) >= 11 is 1.42. The van der Waals surface area contributed by atoms with E-state index < -0.39 is 40.0 Å². The van der Waals surface area contributed by atoms with Crippen molar-refractivity contribution >= 4 is 38.9 Å². The monoisotopic (exact) mass is 679 g/mol. The van der Waals surface area contributed by atoms with Crippen molar-refractivity contribution in [3.05, 3.63) is 111 Å². The van der Waals surface area contributed by atoms with E-state index in [1.165, 1.54) is 36.5 Å². The molecule has 250 valence electrons. The van der Waals surface area contributed by atoms with Gasteiger partial charge in [-0.05, 0) is 68.7 Å². The van der Waals surface area contributed by atoms with Crippen LogP contribution in [-0.4, -0.2) is 61.9 Å². The third-order valence-electron chi connectivity index (χ3n) is 7.36. The predicted molar refractivity (Wildman–Crippen MR) is 184 cm³/mol. The number of nitrogens with one attached hydrogen (secondary N) is 4. The molecule has 0 bridgehead atoms. The van der Waals surface area contributed by atoms with Gasteiger partial charge in [-0.15, -0.1) is 11.3 Å². The summed E-state index contributed by atoms with van der Waals surface area (Å²) in [6, 6.07) is 20.1. The number of methoxy groups -OCH3 is 1. The van der Waals surface area contributed by atoms with E-state index in [-0.39, 0.29) is 29.1 Å². The number of aryl methyl sites for hydroxylation is 1. The molecular formula is C34H41N5O6S2. The molecule has 3 aromatic carbocycles. The van der Waals surface area contributed by atoms with Gasteiger partial charge in [0.15, 0.2) is 0 Å². The molecule has 5 N–H and O–H groups in total. The summed E-state index contributed by atoms with van der Waals surface area (Å²) in [5.74, 6) is -0.546. The zero-order chi connectivity index (χ0) is 34.0. The predicted octanol–water partition coefficient (Wildman–Crippen LogP) is 4.20. The molecule has 0 unspecified atom stereocenters. The minimum Gasteiger partial charge on any atom is -0.497 e. The van der Waals surface area contributed by atoms with Crippen LogP contribution >= 0.6 is 11.3 Å². The highest BCUT2D eigenvalue weighted by Crippen LogP contribution is 2.21. The van der Waals surface area contributed by atoms with Gasteiger partial charge in [0.2, 0.25) is 10.0 Å². The number of aliphatic hydroxyl groups excluding tert-OH is 1. The first-order valence-electron chi connectivity index (χ1n) is 15.2. The van der Waals surface area contributed by atoms with Crippen molar-refractivity contribution in [2.45, 2.75) is 51.9 Å². The minimum atomic E-state index is -3.71. The summed E-state index contributed by atoms with van der Waals surface area (Å²) in [7, 11) is -2.12. The van der Waals surface area contributed by atoms with Crippen LogP contribution in [0.1, 0.15) is 62.4 Å². The van der Waals surface area contributed by atoms with Crippen LogP contribution in [0.4, 0.5) is 5.69 Å². The van der Waals surface area contributed by atoms with E-state index in [0.717, 1.165) is 27.6 Å². The molecule has 47 heavy (non-hydrogen) atoms. The van der Waals surface area contributed by atoms with Gasteiger partial charge in [-0.3, -0.25) is 14.3 Å². The van der Waals surface area contributed by atoms with E-state index in [1.54, 1.807) is 14.0 Å². The molecule has 2 amide bonds. The molecule has 13 heteroatoms. The summed E-state index contributed by atoms with van der Waals surface area (Å²) in [4.78, 5) is 31.5. The fraction of sp³-hybridized carbons (Fsp3) is 0.324. The SMILES string of the molecule is CCS(=O)(=O)Nc1cc(C(=O)N[C@@H](C)c2nc(C)cs2)cc(C(=O)N[C@@H](Cc2ccccc2)[C@H](O)CNCc2cccc(OC)c2)c1. The van der Waals surface area contributed by atoms with Gasteiger partial charge in [0.25, 0.3) is 11.8 Å². The fourth-order valence-electron chi connectivity index (χ4n) is 4.81. The first-order chi connectivity index (χ1) is 22.5. The normalized spacial score (nSPS) is 13.3. The second kappa shape index (κ2) is 16.5. The number of sulfonamides is 1. The van der Waals surface area contributed by atoms with Crippen molar-refractivity contribution in [3.63, 3.8) is 0 Å². The third-order valence-corrected chi connectivity index (χ3v) is 9.81. The number of thiazole rings is 1. The molecule has 3 atom stereocenters. The fourth-order valence-corrected chi connectivity index (χ4v) is 6.23. The van der Waals surface area contributed by atoms with Crippen molar-refractivity contribution in [2.75, 3.05) is 24.1 Å². The Morgan fingerprint density at radius 3 is 2.28 bits per heavy atom. The summed E-state index contributed by atoms with van der Waals surface area (Å²) in [6.07, 6.45) is -0.661. The lowest BCUT2D eigenvalue weighted by Crippen LogP contribution is -2.48. The number of aliphatic hydroxyl groups is 1. The van der Waals surface area contributed by atoms with Gasteiger partial charge in [-0.2, -0.15) is 0 Å². The Kier molecular flexibility index (Phi) is 12.5. The van der Waals surface area contributed by atoms with Crippen LogP contribution in [0.2, 0.25) is 0 Å². The topological polar surface area (TPSA) is 159 Å². The highest BCUT2D eigenvalue weighted by Gasteiger charge is 2.24. The molecule has 0 spiro atoms. The van der Waals surface area contributed by atoms with Crippen LogP contribution in [0.15, 0.2) is 78.2 Å². The maximum Gasteiger partial charge on any atom is 0.251 e. The lowest BCUT2D eigenvalue weighted by molar-refractivity contribution is 0.0830. The first-order valence-corrected chi connectivity index (χ1v) is 17.7. The number of rotatable bonds is 16. The number of aromatic nitrogens is 1. The molecule has 0 aliphatic carbocycles. The smallest absolute Gasteiger partial charge is 0.251 e. The number of anilines is 1. The van der Waals surface area contributed by atoms with E-state index in [9.17, 15) is 23.1 Å². The van der Waals surface area contributed by atoms with Crippen LogP contribution in [-0.2, 0) is 23.0 Å². The van der Waals surface area contributed by atoms with E-state index in [1.807, 2.05) is 66.9 Å². The van der Waals surface area contributed by atoms with Gasteiger partial charge >= 0.3 is 0 Å². The number of hydrogen-bond donors (Lipinski definition) is 5. The van der Waals surface area contributed by atoms with Gasteiger partial charge in [0.05, 0.1) is 36.7 Å². The van der Waals surface area contributed by atoms with Crippen LogP contribution in [0.25, 0.3) is 0 Å². The van der Waals surface area contributed by atoms with Gasteiger partial charge < -0.3 is 25.8 Å². The van der Waals surface area contributed by atoms with E-state index in [2.05, 4.69) is 25.7 Å². The maximum absolute atomic E-state index is 13.8. The molecule has 0 fully saturated rings. The Labute approximate surface area is 279 Å². The number of nitrogens with zero attached hydrogens (tertiary/aromatic N) is 1. The third kappa shape index (κ3) is 10.6. The molecule has 0 saturated carbocycles. The van der Waals surface area contributed by atoms with Gasteiger partial charge in [0, 0.05) is 35.3 Å². The molecule has 11 nitrogen and oxygen atoms in total. The molecule has 0 aliphatic rings. The Morgan fingerprint density at radius 2 is 1.64 bits per heavy atom. The Hall–Kier alpha value is -4.30. The average molecular weight is 680 g/mol. The molecule has 1 aromatic heterocycles. The molecule has 0 aliphatic heterocycles. The Balaban J connectivity index is 1.56. The largest absolute Gasteiger partial charge is 0.497 e. The standard InChI is InChI=1S/C34H41N5O6S2/c1-5-47(43,44)39-28-17-26(32(41)37-23(3)34-36-22(2)21-46-34)16-27(18-28)33(42)38-30(15-24-10-7-6-8-11-24)31(40)20-35-19-25-12-9-13-29(14-25)45-4/h6-14,16-18,21,23,30-31,35,39-40H,5,15,19-20H2,1-4H3,(H,37,41)(H,38,42)/t23-,30-,31+/m0/s1. The van der Waals surface area contributed by atoms with Crippen LogP contribution in [0, 0.1) is 6.92 Å². The summed E-state index contributed by atoms with van der Waals surface area (Å²) in [5.41, 5.74) is 2.93. The van der Waals surface area contributed by atoms with Crippen LogP contribution in [0.3, 0.4) is 0 Å². The Bertz CT molecular complexity index is 1760. The number of ether oxygens (including phenoxy) is 1. The van der Waals surface area contributed by atoms with E-state index in [0.29, 0.717) is 13.0 Å². The quantitative estimate of drug-likeness (QED) is 0.118. The van der Waals surface area contributed by atoms with Crippen LogP contribution < -0.4 is 25.4 Å². The van der Waals surface area contributed by atoms with Gasteiger partial charge in [-0.25, -0.2) is 13.4 Å². The van der Waals surface area contributed by atoms with Crippen molar-refractivity contribution in [3.8, 4) is 5.75 Å². The van der Waals surface area contributed by atoms with E-state index in [4.69, 9.17) is 4.74 Å². The number of carbonyl (C=O) groups excluding carboxylic acids is 2. The molecule has 0 radical (unpaired) electrons. The zero-order valence-corrected chi connectivity index (χ0v) is 28.5. The molecule has 0 saturated heterocycles. The number of amides is 2. The molecule has 1 heterocycles. The molecule has 4 rings (SSSR count). The zero-order valence-electron chi connectivity index (χ0n) is 26.8. The van der Waals surface area contributed by atoms with Gasteiger partial charge in [0.1, 0.15) is 10.8 Å². The highest BCUT2D eigenvalue weighted by molar-refractivity contribution is 7.92. The number of benzene rings is 3. The maximum atomic E-state index is 13.8. The van der Waals surface area contributed by atoms with Crippen molar-refractivity contribution in [1.82, 2.24) is 20.9 Å². The summed E-state index contributed by atoms with van der Waals surface area (Å²) < 4.78 is 32.6. The lowest BCUT2D eigenvalue weighted by Gasteiger charge is -2.25. The first kappa shape index (κ1) is 35.6. The van der Waals surface area contributed by atoms with Crippen molar-refractivity contribution < 1.29 is 27.9 Å².